The molecule has 0 saturated heterocycles. The van der Waals surface area contributed by atoms with Gasteiger partial charge in [0.2, 0.25) is 0 Å². The first-order chi connectivity index (χ1) is 9.80. The van der Waals surface area contributed by atoms with Gasteiger partial charge in [-0.15, -0.1) is 0 Å². The number of nitrogens with two attached hydrogens (primary N) is 1. The minimum absolute atomic E-state index is 0.0583. The Bertz CT molecular complexity index is 564. The molecule has 1 saturated carbocycles. The van der Waals surface area contributed by atoms with E-state index >= 15 is 0 Å². The van der Waals surface area contributed by atoms with Crippen molar-refractivity contribution < 1.29 is 15.0 Å². The van der Waals surface area contributed by atoms with Crippen LogP contribution >= 0.6 is 0 Å². The molecule has 0 spiro atoms. The van der Waals surface area contributed by atoms with Gasteiger partial charge in [0.1, 0.15) is 6.23 Å². The van der Waals surface area contributed by atoms with Crippen molar-refractivity contribution in [1.82, 2.24) is 0 Å². The number of aliphatic hydroxyl groups is 2. The molecule has 2 atom stereocenters. The van der Waals surface area contributed by atoms with E-state index in [-0.39, 0.29) is 11.2 Å². The molecule has 5 N–H and O–H groups in total. The van der Waals surface area contributed by atoms with Crippen LogP contribution in [0.25, 0.3) is 0 Å². The summed E-state index contributed by atoms with van der Waals surface area (Å²) in [5.41, 5.74) is 6.83. The number of hydrogen-bond donors (Lipinski definition) is 4. The fourth-order valence-corrected chi connectivity index (χ4v) is 2.65. The molecule has 1 aliphatic rings. The largest absolute Gasteiger partial charge is 0.388 e. The molecular weight excluding hydrogens is 268 g/mol. The molecule has 0 bridgehead atoms. The van der Waals surface area contributed by atoms with E-state index in [0.717, 1.165) is 0 Å². The number of anilines is 1. The highest BCUT2D eigenvalue weighted by atomic mass is 16.3. The third-order valence-electron chi connectivity index (χ3n) is 3.73. The normalized spacial score (nSPS) is 24.9. The van der Waals surface area contributed by atoms with E-state index in [1.54, 1.807) is 24.3 Å². The van der Waals surface area contributed by atoms with Crippen LogP contribution < -0.4 is 11.1 Å². The van der Waals surface area contributed by atoms with E-state index in [4.69, 9.17) is 5.73 Å². The van der Waals surface area contributed by atoms with Gasteiger partial charge in [-0.05, 0) is 17.9 Å². The SMILES string of the molecule is CC1(C)CC(=O)/C(=C\Nc2ccccc2C(N)O)C(O)C1. The van der Waals surface area contributed by atoms with Crippen molar-refractivity contribution >= 4 is 11.5 Å². The lowest BCUT2D eigenvalue weighted by molar-refractivity contribution is -0.121. The van der Waals surface area contributed by atoms with E-state index in [2.05, 4.69) is 5.32 Å². The van der Waals surface area contributed by atoms with Crippen molar-refractivity contribution in [3.05, 3.63) is 41.6 Å². The number of hydrogen-bond acceptors (Lipinski definition) is 5. The van der Waals surface area contributed by atoms with Crippen LogP contribution in [0.3, 0.4) is 0 Å². The molecule has 1 fully saturated rings. The first-order valence-electron chi connectivity index (χ1n) is 7.00. The second-order valence-corrected chi connectivity index (χ2v) is 6.26. The van der Waals surface area contributed by atoms with Crippen LogP contribution in [0.15, 0.2) is 36.0 Å². The van der Waals surface area contributed by atoms with Crippen LogP contribution in [-0.2, 0) is 4.79 Å². The van der Waals surface area contributed by atoms with E-state index in [9.17, 15) is 15.0 Å². The summed E-state index contributed by atoms with van der Waals surface area (Å²) in [4.78, 5) is 12.1. The van der Waals surface area contributed by atoms with Crippen molar-refractivity contribution in [2.24, 2.45) is 11.1 Å². The zero-order valence-corrected chi connectivity index (χ0v) is 12.3. The lowest BCUT2D eigenvalue weighted by Gasteiger charge is -2.33. The lowest BCUT2D eigenvalue weighted by atomic mass is 9.73. The van der Waals surface area contributed by atoms with Crippen molar-refractivity contribution in [2.75, 3.05) is 5.32 Å². The molecular formula is C16H22N2O3. The second kappa shape index (κ2) is 5.97. The number of rotatable bonds is 3. The fraction of sp³-hybridized carbons (Fsp3) is 0.438. The minimum atomic E-state index is -1.10. The average Bonchev–Trinajstić information content (AvgIpc) is 2.36. The standard InChI is InChI=1S/C16H22N2O3/c1-16(2)7-13(19)11(14(20)8-16)9-18-12-6-4-3-5-10(12)15(17)21/h3-6,9,13,15,18-19,21H,7-8,17H2,1-2H3/b11-9-. The second-order valence-electron chi connectivity index (χ2n) is 6.26. The Morgan fingerprint density at radius 2 is 2.10 bits per heavy atom. The number of para-hydroxylation sites is 1. The Labute approximate surface area is 124 Å². The Kier molecular flexibility index (Phi) is 4.46. The first-order valence-corrected chi connectivity index (χ1v) is 7.00. The van der Waals surface area contributed by atoms with Crippen LogP contribution in [0.1, 0.15) is 38.5 Å². The molecule has 114 valence electrons. The molecule has 2 unspecified atom stereocenters. The Morgan fingerprint density at radius 1 is 1.43 bits per heavy atom. The van der Waals surface area contributed by atoms with Gasteiger partial charge in [-0.1, -0.05) is 32.0 Å². The third kappa shape index (κ3) is 3.69. The van der Waals surface area contributed by atoms with Crippen molar-refractivity contribution in [1.29, 1.82) is 0 Å². The number of carbonyl (C=O) groups is 1. The Hall–Kier alpha value is -1.69. The van der Waals surface area contributed by atoms with E-state index in [0.29, 0.717) is 29.7 Å². The zero-order chi connectivity index (χ0) is 15.6. The zero-order valence-electron chi connectivity index (χ0n) is 12.3. The first kappa shape index (κ1) is 15.7. The summed E-state index contributed by atoms with van der Waals surface area (Å²) < 4.78 is 0. The van der Waals surface area contributed by atoms with Gasteiger partial charge >= 0.3 is 0 Å². The molecule has 5 nitrogen and oxygen atoms in total. The fourth-order valence-electron chi connectivity index (χ4n) is 2.65. The lowest BCUT2D eigenvalue weighted by Crippen LogP contribution is -2.34. The van der Waals surface area contributed by atoms with Gasteiger partial charge in [0, 0.05) is 29.4 Å². The summed E-state index contributed by atoms with van der Waals surface area (Å²) in [6.45, 7) is 3.94. The molecule has 0 aromatic heterocycles. The van der Waals surface area contributed by atoms with E-state index in [1.807, 2.05) is 13.8 Å². The van der Waals surface area contributed by atoms with Gasteiger partial charge in [0.05, 0.1) is 6.10 Å². The maximum atomic E-state index is 12.1. The van der Waals surface area contributed by atoms with Gasteiger partial charge in [-0.2, -0.15) is 0 Å². The summed E-state index contributed by atoms with van der Waals surface area (Å²) in [6, 6.07) is 7.03. The van der Waals surface area contributed by atoms with Crippen molar-refractivity contribution in [2.45, 2.75) is 39.0 Å². The molecule has 1 aliphatic carbocycles. The molecule has 0 heterocycles. The summed E-state index contributed by atoms with van der Waals surface area (Å²) in [6.07, 6.45) is 0.608. The van der Waals surface area contributed by atoms with Crippen LogP contribution in [0.4, 0.5) is 5.69 Å². The monoisotopic (exact) mass is 290 g/mol. The van der Waals surface area contributed by atoms with Crippen molar-refractivity contribution in [3.63, 3.8) is 0 Å². The maximum absolute atomic E-state index is 12.1. The predicted octanol–water partition coefficient (Wildman–Crippen LogP) is 1.68. The Balaban J connectivity index is 2.20. The van der Waals surface area contributed by atoms with Crippen LogP contribution in [0, 0.1) is 5.41 Å². The minimum Gasteiger partial charge on any atom is -0.388 e. The smallest absolute Gasteiger partial charge is 0.163 e. The Morgan fingerprint density at radius 3 is 2.71 bits per heavy atom. The number of Topliss-reactive ketones (excluding diaryl/α,β-unsaturated/α-hetero) is 1. The highest BCUT2D eigenvalue weighted by molar-refractivity contribution is 5.97. The summed E-state index contributed by atoms with van der Waals surface area (Å²) in [5.74, 6) is -0.0583. The van der Waals surface area contributed by atoms with Gasteiger partial charge < -0.3 is 21.3 Å². The van der Waals surface area contributed by atoms with Crippen LogP contribution in [0.2, 0.25) is 0 Å². The van der Waals surface area contributed by atoms with Gasteiger partial charge in [-0.3, -0.25) is 4.79 Å². The average molecular weight is 290 g/mol. The molecule has 21 heavy (non-hydrogen) atoms. The molecule has 1 aromatic rings. The number of ketones is 1. The van der Waals surface area contributed by atoms with Crippen LogP contribution in [0.5, 0.6) is 0 Å². The summed E-state index contributed by atoms with van der Waals surface area (Å²) in [7, 11) is 0. The molecule has 2 rings (SSSR count). The quantitative estimate of drug-likeness (QED) is 0.502. The predicted molar refractivity (Wildman–Crippen MR) is 81.3 cm³/mol. The number of benzene rings is 1. The highest BCUT2D eigenvalue weighted by Crippen LogP contribution is 2.36. The third-order valence-corrected chi connectivity index (χ3v) is 3.73. The molecule has 0 radical (unpaired) electrons. The molecule has 1 aromatic carbocycles. The summed E-state index contributed by atoms with van der Waals surface area (Å²) in [5, 5.41) is 22.6. The molecule has 0 amide bonds. The van der Waals surface area contributed by atoms with E-state index < -0.39 is 12.3 Å². The number of aliphatic hydroxyl groups excluding tert-OH is 2. The van der Waals surface area contributed by atoms with Crippen LogP contribution in [-0.4, -0.2) is 22.1 Å². The molecule has 0 aliphatic heterocycles. The van der Waals surface area contributed by atoms with Crippen molar-refractivity contribution in [3.8, 4) is 0 Å². The van der Waals surface area contributed by atoms with Gasteiger partial charge in [-0.25, -0.2) is 0 Å². The highest BCUT2D eigenvalue weighted by Gasteiger charge is 2.35. The summed E-state index contributed by atoms with van der Waals surface area (Å²) >= 11 is 0. The van der Waals surface area contributed by atoms with Gasteiger partial charge in [0.25, 0.3) is 0 Å². The van der Waals surface area contributed by atoms with Gasteiger partial charge in [0.15, 0.2) is 5.78 Å². The maximum Gasteiger partial charge on any atom is 0.163 e. The topological polar surface area (TPSA) is 95.6 Å². The number of nitrogens with one attached hydrogen (secondary N) is 1. The number of carbonyl (C=O) groups excluding carboxylic acids is 1. The molecule has 5 heteroatoms. The van der Waals surface area contributed by atoms with E-state index in [1.165, 1.54) is 6.20 Å².